The van der Waals surface area contributed by atoms with Crippen LogP contribution in [0.2, 0.25) is 0 Å². The largest absolute Gasteiger partial charge is 0.476 e. The number of fused-ring (bicyclic) bond motifs is 1. The fourth-order valence-electron chi connectivity index (χ4n) is 1.75. The van der Waals surface area contributed by atoms with Crippen molar-refractivity contribution in [1.82, 2.24) is 20.3 Å². The molecular weight excluding hydrogens is 312 g/mol. The monoisotopic (exact) mass is 322 g/mol. The van der Waals surface area contributed by atoms with Crippen LogP contribution in [0.4, 0.5) is 0 Å². The van der Waals surface area contributed by atoms with Crippen molar-refractivity contribution in [2.75, 3.05) is 6.54 Å². The topological polar surface area (TPSA) is 97.1 Å². The van der Waals surface area contributed by atoms with Gasteiger partial charge in [0.15, 0.2) is 5.69 Å². The molecule has 3 aromatic heterocycles. The molecule has 0 saturated carbocycles. The third-order valence-electron chi connectivity index (χ3n) is 2.75. The molecule has 0 atom stereocenters. The van der Waals surface area contributed by atoms with Crippen LogP contribution in [0.25, 0.3) is 9.40 Å². The van der Waals surface area contributed by atoms with Crippen LogP contribution in [0, 0.1) is 0 Å². The molecule has 0 fully saturated rings. The van der Waals surface area contributed by atoms with Crippen LogP contribution in [0.3, 0.4) is 0 Å². The van der Waals surface area contributed by atoms with E-state index in [1.807, 2.05) is 17.5 Å². The summed E-state index contributed by atoms with van der Waals surface area (Å²) in [5, 5.41) is 20.7. The number of carboxylic acids is 1. The van der Waals surface area contributed by atoms with E-state index in [0.717, 1.165) is 9.40 Å². The Morgan fingerprint density at radius 3 is 2.95 bits per heavy atom. The van der Waals surface area contributed by atoms with E-state index in [0.29, 0.717) is 18.0 Å². The predicted molar refractivity (Wildman–Crippen MR) is 79.0 cm³/mol. The van der Waals surface area contributed by atoms with Gasteiger partial charge in [0, 0.05) is 15.9 Å². The van der Waals surface area contributed by atoms with E-state index >= 15 is 0 Å². The number of carbonyl (C=O) groups excluding carboxylic acids is 1. The molecule has 0 aliphatic rings. The minimum absolute atomic E-state index is 0.111. The number of nitrogens with one attached hydrogen (secondary N) is 1. The van der Waals surface area contributed by atoms with Crippen LogP contribution in [0.5, 0.6) is 0 Å². The summed E-state index contributed by atoms with van der Waals surface area (Å²) >= 11 is 3.06. The second kappa shape index (κ2) is 5.62. The van der Waals surface area contributed by atoms with Gasteiger partial charge in [0.1, 0.15) is 0 Å². The highest BCUT2D eigenvalue weighted by atomic mass is 32.1. The van der Waals surface area contributed by atoms with Crippen LogP contribution in [-0.2, 0) is 6.54 Å². The quantitative estimate of drug-likeness (QED) is 0.745. The summed E-state index contributed by atoms with van der Waals surface area (Å²) in [5.74, 6) is -1.26. The normalized spacial score (nSPS) is 10.9. The zero-order valence-electron chi connectivity index (χ0n) is 10.6. The number of carboxylic acid groups (broad SMARTS) is 1. The summed E-state index contributed by atoms with van der Waals surface area (Å²) in [5.41, 5.74) is -0.111. The van der Waals surface area contributed by atoms with E-state index in [-0.39, 0.29) is 11.6 Å². The average Bonchev–Trinajstić information content (AvgIpc) is 3.13. The summed E-state index contributed by atoms with van der Waals surface area (Å²) in [4.78, 5) is 23.3. The molecule has 1 amide bonds. The van der Waals surface area contributed by atoms with Crippen LogP contribution in [0.15, 0.2) is 23.7 Å². The zero-order chi connectivity index (χ0) is 14.8. The average molecular weight is 322 g/mol. The number of nitrogens with zero attached hydrogens (tertiary/aromatic N) is 3. The first-order valence-electron chi connectivity index (χ1n) is 6.02. The molecule has 0 spiro atoms. The van der Waals surface area contributed by atoms with Crippen molar-refractivity contribution in [3.05, 3.63) is 34.3 Å². The molecule has 3 aromatic rings. The molecule has 0 bridgehead atoms. The maximum Gasteiger partial charge on any atom is 0.358 e. The van der Waals surface area contributed by atoms with E-state index in [4.69, 9.17) is 5.11 Å². The second-order valence-electron chi connectivity index (χ2n) is 4.19. The number of hydrogen-bond acceptors (Lipinski definition) is 6. The number of aromatic nitrogens is 3. The lowest BCUT2D eigenvalue weighted by Crippen LogP contribution is -2.26. The molecule has 2 N–H and O–H groups in total. The molecule has 108 valence electrons. The Bertz CT molecular complexity index is 776. The number of hydrogen-bond donors (Lipinski definition) is 2. The Morgan fingerprint density at radius 2 is 2.24 bits per heavy atom. The zero-order valence-corrected chi connectivity index (χ0v) is 12.3. The Morgan fingerprint density at radius 1 is 1.38 bits per heavy atom. The van der Waals surface area contributed by atoms with Crippen LogP contribution < -0.4 is 5.32 Å². The van der Waals surface area contributed by atoms with E-state index in [1.54, 1.807) is 11.3 Å². The molecule has 0 saturated heterocycles. The summed E-state index contributed by atoms with van der Waals surface area (Å²) in [6.07, 6.45) is 1.33. The van der Waals surface area contributed by atoms with Crippen molar-refractivity contribution in [3.8, 4) is 0 Å². The van der Waals surface area contributed by atoms with Gasteiger partial charge in [0.25, 0.3) is 5.91 Å². The molecule has 0 aromatic carbocycles. The molecule has 9 heteroatoms. The van der Waals surface area contributed by atoms with Crippen molar-refractivity contribution >= 4 is 43.9 Å². The fraction of sp³-hybridized carbons (Fsp3) is 0.167. The Labute approximate surface area is 126 Å². The van der Waals surface area contributed by atoms with Gasteiger partial charge in [0.05, 0.1) is 17.6 Å². The molecule has 3 heterocycles. The van der Waals surface area contributed by atoms with Gasteiger partial charge >= 0.3 is 5.97 Å². The Kier molecular flexibility index (Phi) is 3.67. The maximum atomic E-state index is 12.0. The molecular formula is C12H10N4O3S2. The van der Waals surface area contributed by atoms with Gasteiger partial charge in [-0.05, 0) is 17.5 Å². The van der Waals surface area contributed by atoms with E-state index < -0.39 is 5.97 Å². The third kappa shape index (κ3) is 2.93. The van der Waals surface area contributed by atoms with Gasteiger partial charge in [-0.15, -0.1) is 27.8 Å². The van der Waals surface area contributed by atoms with Crippen molar-refractivity contribution in [2.45, 2.75) is 6.54 Å². The smallest absolute Gasteiger partial charge is 0.358 e. The summed E-state index contributed by atoms with van der Waals surface area (Å²) in [6.45, 7) is 0.721. The van der Waals surface area contributed by atoms with Gasteiger partial charge < -0.3 is 10.4 Å². The first kappa shape index (κ1) is 13.7. The lowest BCUT2D eigenvalue weighted by atomic mass is 10.4. The van der Waals surface area contributed by atoms with Gasteiger partial charge in [0.2, 0.25) is 0 Å². The SMILES string of the molecule is O=C(O)c1cn(CCNC(=O)c2cc3sccc3s2)nn1. The molecule has 0 aliphatic heterocycles. The lowest BCUT2D eigenvalue weighted by Gasteiger charge is -2.02. The number of aromatic carboxylic acids is 1. The molecule has 0 aliphatic carbocycles. The molecule has 21 heavy (non-hydrogen) atoms. The number of rotatable bonds is 5. The minimum atomic E-state index is -1.12. The van der Waals surface area contributed by atoms with Crippen LogP contribution in [0.1, 0.15) is 20.2 Å². The van der Waals surface area contributed by atoms with Gasteiger partial charge in [-0.2, -0.15) is 0 Å². The highest BCUT2D eigenvalue weighted by Crippen LogP contribution is 2.29. The van der Waals surface area contributed by atoms with Gasteiger partial charge in [-0.3, -0.25) is 4.79 Å². The highest BCUT2D eigenvalue weighted by molar-refractivity contribution is 7.27. The predicted octanol–water partition coefficient (Wildman–Crippen LogP) is 1.68. The second-order valence-corrected chi connectivity index (χ2v) is 6.22. The highest BCUT2D eigenvalue weighted by Gasteiger charge is 2.11. The van der Waals surface area contributed by atoms with E-state index in [2.05, 4.69) is 15.6 Å². The van der Waals surface area contributed by atoms with E-state index in [1.165, 1.54) is 22.2 Å². The van der Waals surface area contributed by atoms with E-state index in [9.17, 15) is 9.59 Å². The number of amides is 1. The van der Waals surface area contributed by atoms with Gasteiger partial charge in [-0.1, -0.05) is 5.21 Å². The van der Waals surface area contributed by atoms with Gasteiger partial charge in [-0.25, -0.2) is 9.48 Å². The Hall–Kier alpha value is -2.26. The maximum absolute atomic E-state index is 12.0. The lowest BCUT2D eigenvalue weighted by molar-refractivity contribution is 0.0690. The Balaban J connectivity index is 1.55. The first-order valence-corrected chi connectivity index (χ1v) is 7.72. The summed E-state index contributed by atoms with van der Waals surface area (Å²) < 4.78 is 3.59. The first-order chi connectivity index (χ1) is 10.1. The summed E-state index contributed by atoms with van der Waals surface area (Å²) in [6, 6.07) is 3.86. The standard InChI is InChI=1S/C12H10N4O3S2/c17-11(10-5-9-8(21-10)1-4-20-9)13-2-3-16-6-7(12(18)19)14-15-16/h1,4-6H,2-3H2,(H,13,17)(H,18,19). The number of carbonyl (C=O) groups is 2. The third-order valence-corrected chi connectivity index (χ3v) is 4.84. The van der Waals surface area contributed by atoms with Crippen LogP contribution in [-0.4, -0.2) is 38.5 Å². The molecule has 0 radical (unpaired) electrons. The number of thiophene rings is 2. The molecule has 0 unspecified atom stereocenters. The van der Waals surface area contributed by atoms with Crippen molar-refractivity contribution in [1.29, 1.82) is 0 Å². The molecule has 3 rings (SSSR count). The van der Waals surface area contributed by atoms with Crippen molar-refractivity contribution in [3.63, 3.8) is 0 Å². The van der Waals surface area contributed by atoms with Crippen molar-refractivity contribution in [2.24, 2.45) is 0 Å². The van der Waals surface area contributed by atoms with Crippen LogP contribution >= 0.6 is 22.7 Å². The fourth-order valence-corrected chi connectivity index (χ4v) is 3.78. The van der Waals surface area contributed by atoms with Crippen molar-refractivity contribution < 1.29 is 14.7 Å². The molecule has 7 nitrogen and oxygen atoms in total. The minimum Gasteiger partial charge on any atom is -0.476 e. The summed E-state index contributed by atoms with van der Waals surface area (Å²) in [7, 11) is 0.